The maximum Gasteiger partial charge on any atom is 0.317 e. The van der Waals surface area contributed by atoms with Gasteiger partial charge in [0.15, 0.2) is 11.5 Å². The minimum Gasteiger partial charge on any atom is -0.459 e. The molecule has 0 fully saturated rings. The third-order valence-electron chi connectivity index (χ3n) is 2.90. The summed E-state index contributed by atoms with van der Waals surface area (Å²) in [5.41, 5.74) is 8.14. The standard InChI is InChI=1S/C14H15N3O3/c1-9-4-11(6-15)17-14(16-9)18-7-10-2-3-12-13(5-10)20-8-19-12/h2-5H,6-8,15H2,1H3. The quantitative estimate of drug-likeness (QED) is 0.910. The van der Waals surface area contributed by atoms with Crippen LogP contribution in [-0.4, -0.2) is 16.8 Å². The molecule has 3 rings (SSSR count). The molecule has 1 aliphatic rings. The molecule has 1 aromatic carbocycles. The highest BCUT2D eigenvalue weighted by atomic mass is 16.7. The van der Waals surface area contributed by atoms with Gasteiger partial charge in [-0.15, -0.1) is 0 Å². The summed E-state index contributed by atoms with van der Waals surface area (Å²) in [4.78, 5) is 8.45. The van der Waals surface area contributed by atoms with Crippen LogP contribution in [0, 0.1) is 6.92 Å². The second-order valence-electron chi connectivity index (χ2n) is 4.46. The van der Waals surface area contributed by atoms with E-state index in [1.165, 1.54) is 0 Å². The second kappa shape index (κ2) is 5.34. The summed E-state index contributed by atoms with van der Waals surface area (Å²) in [6, 6.07) is 7.86. The molecular weight excluding hydrogens is 258 g/mol. The van der Waals surface area contributed by atoms with Gasteiger partial charge in [-0.1, -0.05) is 6.07 Å². The van der Waals surface area contributed by atoms with Gasteiger partial charge in [0.05, 0.1) is 5.69 Å². The van der Waals surface area contributed by atoms with Gasteiger partial charge in [0, 0.05) is 12.2 Å². The number of nitrogens with two attached hydrogens (primary N) is 1. The molecule has 1 aromatic heterocycles. The van der Waals surface area contributed by atoms with Gasteiger partial charge in [0.1, 0.15) is 6.61 Å². The Labute approximate surface area is 116 Å². The number of aryl methyl sites for hydroxylation is 1. The van der Waals surface area contributed by atoms with E-state index in [2.05, 4.69) is 9.97 Å². The number of hydrogen-bond acceptors (Lipinski definition) is 6. The van der Waals surface area contributed by atoms with E-state index >= 15 is 0 Å². The van der Waals surface area contributed by atoms with Crippen LogP contribution in [0.5, 0.6) is 17.5 Å². The fourth-order valence-electron chi connectivity index (χ4n) is 1.95. The minimum atomic E-state index is 0.264. The van der Waals surface area contributed by atoms with Crippen LogP contribution >= 0.6 is 0 Å². The van der Waals surface area contributed by atoms with Crippen LogP contribution in [0.1, 0.15) is 17.0 Å². The van der Waals surface area contributed by atoms with Crippen molar-refractivity contribution >= 4 is 0 Å². The zero-order valence-electron chi connectivity index (χ0n) is 11.1. The van der Waals surface area contributed by atoms with Crippen LogP contribution in [0.2, 0.25) is 0 Å². The Morgan fingerprint density at radius 2 is 2.05 bits per heavy atom. The molecule has 1 aliphatic heterocycles. The van der Waals surface area contributed by atoms with Gasteiger partial charge < -0.3 is 19.9 Å². The van der Waals surface area contributed by atoms with E-state index in [0.29, 0.717) is 19.2 Å². The molecule has 6 heteroatoms. The van der Waals surface area contributed by atoms with Gasteiger partial charge in [-0.25, -0.2) is 4.98 Å². The molecule has 0 unspecified atom stereocenters. The van der Waals surface area contributed by atoms with Crippen molar-refractivity contribution in [2.75, 3.05) is 6.79 Å². The number of fused-ring (bicyclic) bond motifs is 1. The molecular formula is C14H15N3O3. The maximum absolute atomic E-state index is 5.60. The van der Waals surface area contributed by atoms with E-state index in [1.807, 2.05) is 31.2 Å². The first-order chi connectivity index (χ1) is 9.74. The van der Waals surface area contributed by atoms with Gasteiger partial charge in [0.25, 0.3) is 0 Å². The molecule has 0 amide bonds. The topological polar surface area (TPSA) is 79.5 Å². The molecule has 2 N–H and O–H groups in total. The fraction of sp³-hybridized carbons (Fsp3) is 0.286. The van der Waals surface area contributed by atoms with E-state index in [0.717, 1.165) is 28.5 Å². The predicted molar refractivity (Wildman–Crippen MR) is 71.6 cm³/mol. The first-order valence-electron chi connectivity index (χ1n) is 6.30. The van der Waals surface area contributed by atoms with Crippen molar-refractivity contribution in [3.05, 3.63) is 41.2 Å². The van der Waals surface area contributed by atoms with E-state index in [-0.39, 0.29) is 6.79 Å². The Balaban J connectivity index is 1.71. The summed E-state index contributed by atoms with van der Waals surface area (Å²) >= 11 is 0. The Morgan fingerprint density at radius 1 is 1.20 bits per heavy atom. The molecule has 20 heavy (non-hydrogen) atoms. The van der Waals surface area contributed by atoms with Crippen molar-refractivity contribution in [2.45, 2.75) is 20.1 Å². The molecule has 6 nitrogen and oxygen atoms in total. The lowest BCUT2D eigenvalue weighted by atomic mass is 10.2. The Bertz CT molecular complexity index is 631. The maximum atomic E-state index is 5.60. The third-order valence-corrected chi connectivity index (χ3v) is 2.90. The van der Waals surface area contributed by atoms with E-state index in [4.69, 9.17) is 19.9 Å². The summed E-state index contributed by atoms with van der Waals surface area (Å²) < 4.78 is 16.2. The first-order valence-corrected chi connectivity index (χ1v) is 6.30. The van der Waals surface area contributed by atoms with E-state index < -0.39 is 0 Å². The van der Waals surface area contributed by atoms with Crippen molar-refractivity contribution in [2.24, 2.45) is 5.73 Å². The van der Waals surface area contributed by atoms with Crippen LogP contribution in [0.15, 0.2) is 24.3 Å². The van der Waals surface area contributed by atoms with Crippen LogP contribution in [0.4, 0.5) is 0 Å². The normalized spacial score (nSPS) is 12.5. The summed E-state index contributed by atoms with van der Waals surface area (Å²) in [6.07, 6.45) is 0. The highest BCUT2D eigenvalue weighted by Gasteiger charge is 2.13. The molecule has 0 saturated carbocycles. The van der Waals surface area contributed by atoms with E-state index in [1.54, 1.807) is 0 Å². The molecule has 2 aromatic rings. The molecule has 0 atom stereocenters. The third kappa shape index (κ3) is 2.65. The summed E-state index contributed by atoms with van der Waals surface area (Å²) in [5, 5.41) is 0. The molecule has 2 heterocycles. The SMILES string of the molecule is Cc1cc(CN)nc(OCc2ccc3c(c2)OCO3)n1. The average Bonchev–Trinajstić information content (AvgIpc) is 2.92. The average molecular weight is 273 g/mol. The number of ether oxygens (including phenoxy) is 3. The summed E-state index contributed by atoms with van der Waals surface area (Å²) in [7, 11) is 0. The number of aromatic nitrogens is 2. The lowest BCUT2D eigenvalue weighted by molar-refractivity contribution is 0.174. The van der Waals surface area contributed by atoms with Crippen molar-refractivity contribution in [3.63, 3.8) is 0 Å². The van der Waals surface area contributed by atoms with Crippen molar-refractivity contribution in [3.8, 4) is 17.5 Å². The lowest BCUT2D eigenvalue weighted by Crippen LogP contribution is -2.06. The number of nitrogens with zero attached hydrogens (tertiary/aromatic N) is 2. The largest absolute Gasteiger partial charge is 0.459 e. The van der Waals surface area contributed by atoms with Crippen LogP contribution in [-0.2, 0) is 13.2 Å². The smallest absolute Gasteiger partial charge is 0.317 e. The highest BCUT2D eigenvalue weighted by molar-refractivity contribution is 5.44. The van der Waals surface area contributed by atoms with Crippen molar-refractivity contribution in [1.29, 1.82) is 0 Å². The second-order valence-corrected chi connectivity index (χ2v) is 4.46. The molecule has 0 saturated heterocycles. The van der Waals surface area contributed by atoms with Crippen LogP contribution < -0.4 is 19.9 Å². The Morgan fingerprint density at radius 3 is 2.90 bits per heavy atom. The van der Waals surface area contributed by atoms with Gasteiger partial charge in [0.2, 0.25) is 6.79 Å². The van der Waals surface area contributed by atoms with Crippen molar-refractivity contribution in [1.82, 2.24) is 9.97 Å². The molecule has 104 valence electrons. The number of benzene rings is 1. The number of hydrogen-bond donors (Lipinski definition) is 1. The summed E-state index contributed by atoms with van der Waals surface area (Å²) in [6.45, 7) is 2.88. The zero-order chi connectivity index (χ0) is 13.9. The zero-order valence-corrected chi connectivity index (χ0v) is 11.1. The molecule has 0 aliphatic carbocycles. The summed E-state index contributed by atoms with van der Waals surface area (Å²) in [5.74, 6) is 1.49. The molecule has 0 bridgehead atoms. The minimum absolute atomic E-state index is 0.264. The lowest BCUT2D eigenvalue weighted by Gasteiger charge is -2.07. The Kier molecular flexibility index (Phi) is 3.39. The van der Waals surface area contributed by atoms with E-state index in [9.17, 15) is 0 Å². The number of rotatable bonds is 4. The molecule has 0 spiro atoms. The highest BCUT2D eigenvalue weighted by Crippen LogP contribution is 2.32. The van der Waals surface area contributed by atoms with Crippen molar-refractivity contribution < 1.29 is 14.2 Å². The van der Waals surface area contributed by atoms with Gasteiger partial charge >= 0.3 is 6.01 Å². The monoisotopic (exact) mass is 273 g/mol. The van der Waals surface area contributed by atoms with Gasteiger partial charge in [-0.05, 0) is 30.7 Å². The van der Waals surface area contributed by atoms with Crippen LogP contribution in [0.3, 0.4) is 0 Å². The van der Waals surface area contributed by atoms with Gasteiger partial charge in [-0.3, -0.25) is 0 Å². The fourth-order valence-corrected chi connectivity index (χ4v) is 1.95. The van der Waals surface area contributed by atoms with Gasteiger partial charge in [-0.2, -0.15) is 4.98 Å². The first kappa shape index (κ1) is 12.7. The van der Waals surface area contributed by atoms with Crippen LogP contribution in [0.25, 0.3) is 0 Å². The predicted octanol–water partition coefficient (Wildman–Crippen LogP) is 1.55. The molecule has 0 radical (unpaired) electrons. The Hall–Kier alpha value is -2.34.